The summed E-state index contributed by atoms with van der Waals surface area (Å²) in [6, 6.07) is -0.0549. The maximum atomic E-state index is 13.6. The zero-order valence-electron chi connectivity index (χ0n) is 17.6. The zero-order valence-corrected chi connectivity index (χ0v) is 17.6. The van der Waals surface area contributed by atoms with E-state index in [1.807, 2.05) is 18.2 Å². The minimum absolute atomic E-state index is 0.0548. The van der Waals surface area contributed by atoms with Gasteiger partial charge in [-0.25, -0.2) is 0 Å². The van der Waals surface area contributed by atoms with E-state index in [1.165, 1.54) is 12.8 Å². The highest BCUT2D eigenvalue weighted by molar-refractivity contribution is 5.94. The number of morpholine rings is 1. The number of hydrogen-bond donors (Lipinski definition) is 0. The van der Waals surface area contributed by atoms with E-state index in [-0.39, 0.29) is 11.9 Å². The second-order valence-electron chi connectivity index (χ2n) is 8.75. The van der Waals surface area contributed by atoms with Crippen molar-refractivity contribution in [2.24, 2.45) is 5.92 Å². The Hall–Kier alpha value is -2.26. The maximum absolute atomic E-state index is 13.6. The summed E-state index contributed by atoms with van der Waals surface area (Å²) >= 11 is 0. The standard InChI is InChI=1S/C21H30N6O3/c1-15-17(13-25-8-10-29-11-9-25)19(24-30-15)21(28)27-7-3-2-4-18(27)20-23-22-14-26(20)12-16-5-6-16/h14,16,18H,2-13H2,1H3. The van der Waals surface area contributed by atoms with Gasteiger partial charge in [0.25, 0.3) is 5.91 Å². The molecule has 1 amide bonds. The second kappa shape index (κ2) is 8.47. The quantitative estimate of drug-likeness (QED) is 0.716. The smallest absolute Gasteiger partial charge is 0.277 e. The number of carbonyl (C=O) groups excluding carboxylic acids is 1. The maximum Gasteiger partial charge on any atom is 0.277 e. The molecule has 5 rings (SSSR count). The van der Waals surface area contributed by atoms with Crippen LogP contribution >= 0.6 is 0 Å². The lowest BCUT2D eigenvalue weighted by atomic mass is 10.00. The first-order valence-electron chi connectivity index (χ1n) is 11.1. The fourth-order valence-electron chi connectivity index (χ4n) is 4.55. The molecule has 3 fully saturated rings. The highest BCUT2D eigenvalue weighted by Crippen LogP contribution is 2.35. The average molecular weight is 415 g/mol. The van der Waals surface area contributed by atoms with Crippen LogP contribution in [0.5, 0.6) is 0 Å². The van der Waals surface area contributed by atoms with Crippen molar-refractivity contribution in [1.29, 1.82) is 0 Å². The number of ether oxygens (including phenoxy) is 1. The molecule has 2 aliphatic heterocycles. The van der Waals surface area contributed by atoms with Crippen molar-refractivity contribution in [3.63, 3.8) is 0 Å². The predicted octanol–water partition coefficient (Wildman–Crippen LogP) is 2.18. The number of piperidine rings is 1. The van der Waals surface area contributed by atoms with Gasteiger partial charge in [-0.2, -0.15) is 0 Å². The van der Waals surface area contributed by atoms with Gasteiger partial charge in [-0.3, -0.25) is 9.69 Å². The lowest BCUT2D eigenvalue weighted by Crippen LogP contribution is -2.41. The van der Waals surface area contributed by atoms with Crippen LogP contribution in [0.2, 0.25) is 0 Å². The summed E-state index contributed by atoms with van der Waals surface area (Å²) in [6.07, 6.45) is 7.35. The number of nitrogens with zero attached hydrogens (tertiary/aromatic N) is 6. The monoisotopic (exact) mass is 414 g/mol. The molecule has 1 saturated carbocycles. The summed E-state index contributed by atoms with van der Waals surface area (Å²) in [4.78, 5) is 17.9. The van der Waals surface area contributed by atoms with Crippen molar-refractivity contribution in [3.05, 3.63) is 29.2 Å². The summed E-state index contributed by atoms with van der Waals surface area (Å²) < 4.78 is 13.1. The molecule has 0 bridgehead atoms. The first-order valence-corrected chi connectivity index (χ1v) is 11.1. The summed E-state index contributed by atoms with van der Waals surface area (Å²) in [7, 11) is 0. The van der Waals surface area contributed by atoms with Gasteiger partial charge in [0.2, 0.25) is 0 Å². The molecule has 0 aromatic carbocycles. The normalized spacial score (nSPS) is 23.1. The number of aromatic nitrogens is 4. The number of aryl methyl sites for hydroxylation is 1. The number of likely N-dealkylation sites (tertiary alicyclic amines) is 1. The Morgan fingerprint density at radius 2 is 2.00 bits per heavy atom. The van der Waals surface area contributed by atoms with Crippen molar-refractivity contribution >= 4 is 5.91 Å². The Morgan fingerprint density at radius 1 is 1.17 bits per heavy atom. The minimum Gasteiger partial charge on any atom is -0.379 e. The van der Waals surface area contributed by atoms with E-state index >= 15 is 0 Å². The van der Waals surface area contributed by atoms with Gasteiger partial charge in [0, 0.05) is 38.3 Å². The third-order valence-electron chi connectivity index (χ3n) is 6.53. The molecular weight excluding hydrogens is 384 g/mol. The van der Waals surface area contributed by atoms with Gasteiger partial charge in [-0.1, -0.05) is 5.16 Å². The summed E-state index contributed by atoms with van der Waals surface area (Å²) in [5, 5.41) is 12.8. The molecule has 9 heteroatoms. The Kier molecular flexibility index (Phi) is 5.56. The van der Waals surface area contributed by atoms with Crippen LogP contribution in [-0.4, -0.2) is 68.5 Å². The zero-order chi connectivity index (χ0) is 20.5. The van der Waals surface area contributed by atoms with Crippen LogP contribution in [-0.2, 0) is 17.8 Å². The van der Waals surface area contributed by atoms with Crippen LogP contribution in [0, 0.1) is 12.8 Å². The van der Waals surface area contributed by atoms with Crippen LogP contribution in [0.15, 0.2) is 10.9 Å². The van der Waals surface area contributed by atoms with Crippen molar-refractivity contribution in [1.82, 2.24) is 29.7 Å². The molecule has 1 aliphatic carbocycles. The molecule has 30 heavy (non-hydrogen) atoms. The molecule has 4 heterocycles. The van der Waals surface area contributed by atoms with E-state index in [9.17, 15) is 4.79 Å². The lowest BCUT2D eigenvalue weighted by Gasteiger charge is -2.35. The van der Waals surface area contributed by atoms with Crippen molar-refractivity contribution < 1.29 is 14.1 Å². The predicted molar refractivity (Wildman–Crippen MR) is 108 cm³/mol. The van der Waals surface area contributed by atoms with Crippen LogP contribution < -0.4 is 0 Å². The van der Waals surface area contributed by atoms with Crippen LogP contribution in [0.25, 0.3) is 0 Å². The average Bonchev–Trinajstić information content (AvgIpc) is 3.35. The van der Waals surface area contributed by atoms with Gasteiger partial charge in [-0.15, -0.1) is 10.2 Å². The largest absolute Gasteiger partial charge is 0.379 e. The Balaban J connectivity index is 1.38. The van der Waals surface area contributed by atoms with Gasteiger partial charge >= 0.3 is 0 Å². The van der Waals surface area contributed by atoms with E-state index < -0.39 is 0 Å². The van der Waals surface area contributed by atoms with Crippen molar-refractivity contribution in [2.45, 2.75) is 58.2 Å². The van der Waals surface area contributed by atoms with Gasteiger partial charge in [-0.05, 0) is 44.9 Å². The number of carbonyl (C=O) groups is 1. The van der Waals surface area contributed by atoms with E-state index in [0.29, 0.717) is 18.8 Å². The third-order valence-corrected chi connectivity index (χ3v) is 6.53. The van der Waals surface area contributed by atoms with Crippen molar-refractivity contribution in [2.75, 3.05) is 32.8 Å². The van der Waals surface area contributed by atoms with Gasteiger partial charge in [0.1, 0.15) is 12.1 Å². The Morgan fingerprint density at radius 3 is 2.80 bits per heavy atom. The molecule has 0 N–H and O–H groups in total. The number of hydrogen-bond acceptors (Lipinski definition) is 7. The van der Waals surface area contributed by atoms with E-state index in [0.717, 1.165) is 75.2 Å². The highest BCUT2D eigenvalue weighted by Gasteiger charge is 2.36. The van der Waals surface area contributed by atoms with Gasteiger partial charge in [0.05, 0.1) is 19.3 Å². The van der Waals surface area contributed by atoms with Crippen LogP contribution in [0.1, 0.15) is 65.8 Å². The minimum atomic E-state index is -0.0549. The fourth-order valence-corrected chi connectivity index (χ4v) is 4.55. The van der Waals surface area contributed by atoms with Crippen LogP contribution in [0.4, 0.5) is 0 Å². The van der Waals surface area contributed by atoms with Crippen LogP contribution in [0.3, 0.4) is 0 Å². The number of amides is 1. The third kappa shape index (κ3) is 4.00. The molecule has 2 aromatic heterocycles. The summed E-state index contributed by atoms with van der Waals surface area (Å²) in [6.45, 7) is 7.37. The number of rotatable bonds is 6. The Bertz CT molecular complexity index is 883. The molecule has 162 valence electrons. The van der Waals surface area contributed by atoms with E-state index in [4.69, 9.17) is 9.26 Å². The first kappa shape index (κ1) is 19.7. The second-order valence-corrected chi connectivity index (χ2v) is 8.75. The molecule has 2 saturated heterocycles. The highest BCUT2D eigenvalue weighted by atomic mass is 16.5. The summed E-state index contributed by atoms with van der Waals surface area (Å²) in [5.74, 6) is 2.30. The molecule has 0 spiro atoms. The summed E-state index contributed by atoms with van der Waals surface area (Å²) in [5.41, 5.74) is 1.34. The fraction of sp³-hybridized carbons (Fsp3) is 0.714. The SMILES string of the molecule is Cc1onc(C(=O)N2CCCCC2c2nncn2CC2CC2)c1CN1CCOCC1. The van der Waals surface area contributed by atoms with E-state index in [1.54, 1.807) is 0 Å². The molecule has 1 unspecified atom stereocenters. The molecule has 9 nitrogen and oxygen atoms in total. The molecule has 1 atom stereocenters. The first-order chi connectivity index (χ1) is 14.7. The topological polar surface area (TPSA) is 89.5 Å². The lowest BCUT2D eigenvalue weighted by molar-refractivity contribution is 0.0337. The van der Waals surface area contributed by atoms with E-state index in [2.05, 4.69) is 24.8 Å². The van der Waals surface area contributed by atoms with Crippen molar-refractivity contribution in [3.8, 4) is 0 Å². The molecule has 2 aromatic rings. The Labute approximate surface area is 176 Å². The molecule has 3 aliphatic rings. The molecular formula is C21H30N6O3. The van der Waals surface area contributed by atoms with Gasteiger partial charge in [0.15, 0.2) is 11.5 Å². The molecule has 0 radical (unpaired) electrons. The van der Waals surface area contributed by atoms with Gasteiger partial charge < -0.3 is 18.7 Å².